The zero-order valence-corrected chi connectivity index (χ0v) is 15.6. The lowest BCUT2D eigenvalue weighted by atomic mass is 9.96. The number of carbonyl (C=O) groups is 2. The molecule has 0 aliphatic carbocycles. The second kappa shape index (κ2) is 8.77. The van der Waals surface area contributed by atoms with Crippen LogP contribution in [0.15, 0.2) is 30.6 Å². The second-order valence-electron chi connectivity index (χ2n) is 6.63. The Bertz CT molecular complexity index is 789. The number of nitrogens with zero attached hydrogens (tertiary/aromatic N) is 4. The molecule has 8 heteroatoms. The summed E-state index contributed by atoms with van der Waals surface area (Å²) in [5.41, 5.74) is 6.85. The fourth-order valence-corrected chi connectivity index (χ4v) is 3.45. The molecule has 0 spiro atoms. The lowest BCUT2D eigenvalue weighted by Crippen LogP contribution is -2.46. The summed E-state index contributed by atoms with van der Waals surface area (Å²) in [6.07, 6.45) is 5.56. The molecule has 0 radical (unpaired) electrons. The first-order valence-corrected chi connectivity index (χ1v) is 9.41. The van der Waals surface area contributed by atoms with E-state index in [0.717, 1.165) is 18.5 Å². The van der Waals surface area contributed by atoms with Crippen molar-refractivity contribution in [3.05, 3.63) is 41.9 Å². The van der Waals surface area contributed by atoms with Crippen LogP contribution in [0.5, 0.6) is 0 Å². The van der Waals surface area contributed by atoms with Crippen LogP contribution in [0, 0.1) is 5.92 Å². The minimum atomic E-state index is -0.190. The van der Waals surface area contributed by atoms with Crippen molar-refractivity contribution in [2.45, 2.75) is 26.2 Å². The number of pyridine rings is 1. The molecular formula is C19H26N6O2. The first kappa shape index (κ1) is 19.0. The summed E-state index contributed by atoms with van der Waals surface area (Å²) in [4.78, 5) is 31.4. The predicted molar refractivity (Wildman–Crippen MR) is 101 cm³/mol. The molecule has 3 rings (SSSR count). The maximum Gasteiger partial charge on any atom is 0.257 e. The average Bonchev–Trinajstić information content (AvgIpc) is 3.16. The number of hydrogen-bond donors (Lipinski definition) is 2. The number of rotatable bonds is 6. The Morgan fingerprint density at radius 3 is 2.93 bits per heavy atom. The van der Waals surface area contributed by atoms with Gasteiger partial charge in [0.25, 0.3) is 5.91 Å². The first-order chi connectivity index (χ1) is 13.2. The van der Waals surface area contributed by atoms with Gasteiger partial charge in [-0.3, -0.25) is 9.59 Å². The van der Waals surface area contributed by atoms with Gasteiger partial charge in [0.15, 0.2) is 5.82 Å². The van der Waals surface area contributed by atoms with Gasteiger partial charge >= 0.3 is 0 Å². The van der Waals surface area contributed by atoms with Gasteiger partial charge in [0.05, 0.1) is 23.4 Å². The number of amides is 2. The highest BCUT2D eigenvalue weighted by atomic mass is 16.2. The van der Waals surface area contributed by atoms with E-state index >= 15 is 0 Å². The van der Waals surface area contributed by atoms with Gasteiger partial charge in [-0.05, 0) is 31.4 Å². The van der Waals surface area contributed by atoms with Crippen LogP contribution in [0.2, 0.25) is 0 Å². The predicted octanol–water partition coefficient (Wildman–Crippen LogP) is 0.757. The number of likely N-dealkylation sites (tertiary alicyclic amines) is 1. The van der Waals surface area contributed by atoms with Crippen molar-refractivity contribution in [3.8, 4) is 5.82 Å². The number of carbonyl (C=O) groups excluding carboxylic acids is 2. The topological polar surface area (TPSA) is 106 Å². The highest BCUT2D eigenvalue weighted by molar-refractivity contribution is 5.95. The summed E-state index contributed by atoms with van der Waals surface area (Å²) in [6, 6.07) is 5.59. The van der Waals surface area contributed by atoms with Crippen molar-refractivity contribution in [3.63, 3.8) is 0 Å². The summed E-state index contributed by atoms with van der Waals surface area (Å²) >= 11 is 0. The molecule has 1 aliphatic rings. The molecule has 0 aromatic carbocycles. The minimum absolute atomic E-state index is 0.0298. The molecule has 8 nitrogen and oxygen atoms in total. The Morgan fingerprint density at radius 1 is 1.37 bits per heavy atom. The first-order valence-electron chi connectivity index (χ1n) is 9.41. The van der Waals surface area contributed by atoms with E-state index in [9.17, 15) is 9.59 Å². The lowest BCUT2D eigenvalue weighted by Gasteiger charge is -2.32. The number of nitrogens with two attached hydrogens (primary N) is 1. The molecule has 2 aromatic rings. The van der Waals surface area contributed by atoms with Crippen molar-refractivity contribution < 1.29 is 9.59 Å². The van der Waals surface area contributed by atoms with Crippen molar-refractivity contribution in [2.75, 3.05) is 26.2 Å². The number of aromatic nitrogens is 3. The van der Waals surface area contributed by atoms with Gasteiger partial charge in [-0.15, -0.1) is 0 Å². The third-order valence-electron chi connectivity index (χ3n) is 4.82. The molecule has 1 aliphatic heterocycles. The van der Waals surface area contributed by atoms with Gasteiger partial charge in [-0.25, -0.2) is 9.67 Å². The molecule has 3 heterocycles. The van der Waals surface area contributed by atoms with Gasteiger partial charge in [0.2, 0.25) is 5.91 Å². The molecule has 0 bridgehead atoms. The smallest absolute Gasteiger partial charge is 0.257 e. The SMILES string of the molecule is CCc1c(C(=O)N2CCCC(C(=O)NCCN)C2)cnn1-c1ccccn1. The van der Waals surface area contributed by atoms with E-state index in [1.165, 1.54) is 0 Å². The van der Waals surface area contributed by atoms with E-state index in [0.29, 0.717) is 44.0 Å². The van der Waals surface area contributed by atoms with Gasteiger partial charge in [0, 0.05) is 32.4 Å². The van der Waals surface area contributed by atoms with E-state index in [-0.39, 0.29) is 17.7 Å². The fraction of sp³-hybridized carbons (Fsp3) is 0.474. The normalized spacial score (nSPS) is 17.0. The van der Waals surface area contributed by atoms with E-state index in [1.807, 2.05) is 25.1 Å². The third kappa shape index (κ3) is 4.16. The molecule has 2 amide bonds. The molecule has 1 unspecified atom stereocenters. The Labute approximate surface area is 158 Å². The quantitative estimate of drug-likeness (QED) is 0.781. The molecule has 1 saturated heterocycles. The molecular weight excluding hydrogens is 344 g/mol. The lowest BCUT2D eigenvalue weighted by molar-refractivity contribution is -0.126. The maximum atomic E-state index is 13.1. The van der Waals surface area contributed by atoms with E-state index in [1.54, 1.807) is 22.0 Å². The van der Waals surface area contributed by atoms with E-state index < -0.39 is 0 Å². The van der Waals surface area contributed by atoms with Crippen LogP contribution in [0.4, 0.5) is 0 Å². The van der Waals surface area contributed by atoms with Crippen LogP contribution in [0.25, 0.3) is 5.82 Å². The third-order valence-corrected chi connectivity index (χ3v) is 4.82. The number of piperidine rings is 1. The second-order valence-corrected chi connectivity index (χ2v) is 6.63. The van der Waals surface area contributed by atoms with Crippen LogP contribution in [-0.4, -0.2) is 57.7 Å². The summed E-state index contributed by atoms with van der Waals surface area (Å²) in [5.74, 6) is 0.388. The Hall–Kier alpha value is -2.74. The number of nitrogens with one attached hydrogen (secondary N) is 1. The van der Waals surface area contributed by atoms with Crippen LogP contribution in [-0.2, 0) is 11.2 Å². The molecule has 2 aromatic heterocycles. The zero-order valence-electron chi connectivity index (χ0n) is 15.6. The van der Waals surface area contributed by atoms with Gasteiger partial charge < -0.3 is 16.0 Å². The molecule has 27 heavy (non-hydrogen) atoms. The standard InChI is InChI=1S/C19H26N6O2/c1-2-16-15(12-23-25(16)17-7-3-4-9-21-17)19(27)24-11-5-6-14(13-24)18(26)22-10-8-20/h3-4,7,9,12,14H,2,5-6,8,10-11,13,20H2,1H3,(H,22,26). The van der Waals surface area contributed by atoms with Crippen molar-refractivity contribution in [1.29, 1.82) is 0 Å². The average molecular weight is 370 g/mol. The van der Waals surface area contributed by atoms with Crippen LogP contribution in [0.1, 0.15) is 35.8 Å². The Morgan fingerprint density at radius 2 is 2.22 bits per heavy atom. The molecule has 144 valence electrons. The molecule has 1 fully saturated rings. The van der Waals surface area contributed by atoms with Crippen LogP contribution >= 0.6 is 0 Å². The largest absolute Gasteiger partial charge is 0.355 e. The van der Waals surface area contributed by atoms with Crippen molar-refractivity contribution in [1.82, 2.24) is 25.0 Å². The maximum absolute atomic E-state index is 13.1. The summed E-state index contributed by atoms with van der Waals surface area (Å²) in [5, 5.41) is 7.20. The molecule has 1 atom stereocenters. The van der Waals surface area contributed by atoms with Crippen molar-refractivity contribution in [2.24, 2.45) is 11.7 Å². The minimum Gasteiger partial charge on any atom is -0.355 e. The van der Waals surface area contributed by atoms with E-state index in [4.69, 9.17) is 5.73 Å². The highest BCUT2D eigenvalue weighted by Gasteiger charge is 2.30. The van der Waals surface area contributed by atoms with Crippen LogP contribution in [0.3, 0.4) is 0 Å². The monoisotopic (exact) mass is 370 g/mol. The molecule has 3 N–H and O–H groups in total. The summed E-state index contributed by atoms with van der Waals surface area (Å²) in [6.45, 7) is 3.94. The Balaban J connectivity index is 1.77. The van der Waals surface area contributed by atoms with Crippen molar-refractivity contribution >= 4 is 11.8 Å². The van der Waals surface area contributed by atoms with Gasteiger partial charge in [-0.2, -0.15) is 5.10 Å². The summed E-state index contributed by atoms with van der Waals surface area (Å²) in [7, 11) is 0. The van der Waals surface area contributed by atoms with E-state index in [2.05, 4.69) is 15.4 Å². The van der Waals surface area contributed by atoms with Gasteiger partial charge in [-0.1, -0.05) is 13.0 Å². The molecule has 0 saturated carbocycles. The summed E-state index contributed by atoms with van der Waals surface area (Å²) < 4.78 is 1.71. The fourth-order valence-electron chi connectivity index (χ4n) is 3.45. The highest BCUT2D eigenvalue weighted by Crippen LogP contribution is 2.21. The van der Waals surface area contributed by atoms with Gasteiger partial charge in [0.1, 0.15) is 0 Å². The number of hydrogen-bond acceptors (Lipinski definition) is 5. The zero-order chi connectivity index (χ0) is 19.2. The van der Waals surface area contributed by atoms with Crippen LogP contribution < -0.4 is 11.1 Å². The Kier molecular flexibility index (Phi) is 6.18.